The van der Waals surface area contributed by atoms with Gasteiger partial charge in [-0.1, -0.05) is 13.8 Å². The summed E-state index contributed by atoms with van der Waals surface area (Å²) < 4.78 is 0. The van der Waals surface area contributed by atoms with Crippen LogP contribution in [0.15, 0.2) is 0 Å². The van der Waals surface area contributed by atoms with Crippen molar-refractivity contribution < 1.29 is 4.79 Å². The van der Waals surface area contributed by atoms with Crippen LogP contribution in [0.4, 0.5) is 0 Å². The third-order valence-electron chi connectivity index (χ3n) is 3.75. The van der Waals surface area contributed by atoms with E-state index in [2.05, 4.69) is 24.5 Å². The second kappa shape index (κ2) is 4.74. The molecule has 0 aliphatic heterocycles. The molecule has 0 aromatic heterocycles. The zero-order valence-corrected chi connectivity index (χ0v) is 10.5. The summed E-state index contributed by atoms with van der Waals surface area (Å²) in [5.74, 6) is 1.02. The molecule has 3 heteroatoms. The summed E-state index contributed by atoms with van der Waals surface area (Å²) in [6.45, 7) is 6.08. The van der Waals surface area contributed by atoms with Crippen molar-refractivity contribution in [1.82, 2.24) is 10.6 Å². The maximum absolute atomic E-state index is 11.6. The van der Waals surface area contributed by atoms with E-state index in [9.17, 15) is 4.79 Å². The van der Waals surface area contributed by atoms with Gasteiger partial charge in [0, 0.05) is 6.04 Å². The van der Waals surface area contributed by atoms with E-state index in [-0.39, 0.29) is 5.91 Å². The molecule has 1 amide bonds. The number of carbonyl (C=O) groups excluding carboxylic acids is 1. The second-order valence-electron chi connectivity index (χ2n) is 6.25. The highest BCUT2D eigenvalue weighted by Crippen LogP contribution is 2.36. The van der Waals surface area contributed by atoms with E-state index < -0.39 is 0 Å². The number of carbonyl (C=O) groups is 1. The Morgan fingerprint density at radius 2 is 2.06 bits per heavy atom. The van der Waals surface area contributed by atoms with Crippen LogP contribution in [0.1, 0.15) is 46.0 Å². The predicted octanol–water partition coefficient (Wildman–Crippen LogP) is 1.68. The standard InChI is InChI=1S/C13H24N2O/c1-13(2)6-5-11(7-13)15-12(16)9-14-8-10-3-4-10/h10-11,14H,3-9H2,1-2H3,(H,15,16). The van der Waals surface area contributed by atoms with Gasteiger partial charge in [0.2, 0.25) is 5.91 Å². The maximum Gasteiger partial charge on any atom is 0.234 e. The first-order chi connectivity index (χ1) is 7.55. The largest absolute Gasteiger partial charge is 0.352 e. The summed E-state index contributed by atoms with van der Waals surface area (Å²) >= 11 is 0. The highest BCUT2D eigenvalue weighted by molar-refractivity contribution is 5.78. The molecule has 0 bridgehead atoms. The lowest BCUT2D eigenvalue weighted by atomic mass is 9.92. The van der Waals surface area contributed by atoms with Gasteiger partial charge in [-0.2, -0.15) is 0 Å². The van der Waals surface area contributed by atoms with E-state index in [0.717, 1.165) is 25.3 Å². The highest BCUT2D eigenvalue weighted by Gasteiger charge is 2.31. The molecule has 2 N–H and O–H groups in total. The molecule has 0 heterocycles. The van der Waals surface area contributed by atoms with Crippen molar-refractivity contribution in [3.05, 3.63) is 0 Å². The lowest BCUT2D eigenvalue weighted by Gasteiger charge is -2.17. The fourth-order valence-electron chi connectivity index (χ4n) is 2.55. The summed E-state index contributed by atoms with van der Waals surface area (Å²) in [7, 11) is 0. The summed E-state index contributed by atoms with van der Waals surface area (Å²) in [4.78, 5) is 11.6. The van der Waals surface area contributed by atoms with Gasteiger partial charge in [0.25, 0.3) is 0 Å². The average Bonchev–Trinajstić information content (AvgIpc) is 2.92. The monoisotopic (exact) mass is 224 g/mol. The van der Waals surface area contributed by atoms with Crippen LogP contribution in [0.25, 0.3) is 0 Å². The van der Waals surface area contributed by atoms with E-state index in [0.29, 0.717) is 18.0 Å². The van der Waals surface area contributed by atoms with Crippen LogP contribution in [-0.4, -0.2) is 25.0 Å². The van der Waals surface area contributed by atoms with Gasteiger partial charge in [-0.05, 0) is 50.0 Å². The molecule has 1 unspecified atom stereocenters. The molecule has 0 saturated heterocycles. The van der Waals surface area contributed by atoms with E-state index in [1.54, 1.807) is 0 Å². The van der Waals surface area contributed by atoms with Crippen LogP contribution in [-0.2, 0) is 4.79 Å². The van der Waals surface area contributed by atoms with Crippen molar-refractivity contribution in [2.45, 2.75) is 52.0 Å². The van der Waals surface area contributed by atoms with Crippen LogP contribution >= 0.6 is 0 Å². The Bertz CT molecular complexity index is 259. The smallest absolute Gasteiger partial charge is 0.234 e. The molecule has 2 rings (SSSR count). The Kier molecular flexibility index (Phi) is 3.53. The summed E-state index contributed by atoms with van der Waals surface area (Å²) in [5, 5.41) is 6.36. The zero-order valence-electron chi connectivity index (χ0n) is 10.5. The van der Waals surface area contributed by atoms with Crippen molar-refractivity contribution in [3.63, 3.8) is 0 Å². The number of amides is 1. The average molecular weight is 224 g/mol. The summed E-state index contributed by atoms with van der Waals surface area (Å²) in [6, 6.07) is 0.408. The van der Waals surface area contributed by atoms with Crippen molar-refractivity contribution in [3.8, 4) is 0 Å². The van der Waals surface area contributed by atoms with E-state index in [1.807, 2.05) is 0 Å². The molecular weight excluding hydrogens is 200 g/mol. The molecule has 2 fully saturated rings. The molecule has 2 aliphatic carbocycles. The third kappa shape index (κ3) is 3.78. The molecule has 92 valence electrons. The minimum atomic E-state index is 0.170. The van der Waals surface area contributed by atoms with Crippen molar-refractivity contribution in [1.29, 1.82) is 0 Å². The zero-order chi connectivity index (χ0) is 11.6. The van der Waals surface area contributed by atoms with E-state index >= 15 is 0 Å². The Morgan fingerprint density at radius 3 is 2.62 bits per heavy atom. The van der Waals surface area contributed by atoms with Gasteiger partial charge in [0.15, 0.2) is 0 Å². The van der Waals surface area contributed by atoms with Crippen molar-refractivity contribution in [2.24, 2.45) is 11.3 Å². The number of nitrogens with one attached hydrogen (secondary N) is 2. The maximum atomic E-state index is 11.6. The SMILES string of the molecule is CC1(C)CCC(NC(=O)CNCC2CC2)C1. The molecule has 0 radical (unpaired) electrons. The number of hydrogen-bond acceptors (Lipinski definition) is 2. The van der Waals surface area contributed by atoms with Crippen molar-refractivity contribution >= 4 is 5.91 Å². The molecule has 2 aliphatic rings. The quantitative estimate of drug-likeness (QED) is 0.746. The van der Waals surface area contributed by atoms with Gasteiger partial charge in [-0.25, -0.2) is 0 Å². The second-order valence-corrected chi connectivity index (χ2v) is 6.25. The van der Waals surface area contributed by atoms with E-state index in [4.69, 9.17) is 0 Å². The van der Waals surface area contributed by atoms with Gasteiger partial charge in [-0.3, -0.25) is 4.79 Å². The normalized spacial score (nSPS) is 28.0. The van der Waals surface area contributed by atoms with E-state index in [1.165, 1.54) is 19.3 Å². The molecule has 0 aromatic carbocycles. The number of hydrogen-bond donors (Lipinski definition) is 2. The first-order valence-electron chi connectivity index (χ1n) is 6.55. The topological polar surface area (TPSA) is 41.1 Å². The van der Waals surface area contributed by atoms with Gasteiger partial charge >= 0.3 is 0 Å². The number of rotatable bonds is 5. The Hall–Kier alpha value is -0.570. The summed E-state index contributed by atoms with van der Waals surface area (Å²) in [5.41, 5.74) is 0.416. The molecular formula is C13H24N2O. The molecule has 2 saturated carbocycles. The van der Waals surface area contributed by atoms with Gasteiger partial charge in [0.1, 0.15) is 0 Å². The first kappa shape index (κ1) is 11.9. The van der Waals surface area contributed by atoms with Crippen LogP contribution in [0, 0.1) is 11.3 Å². The highest BCUT2D eigenvalue weighted by atomic mass is 16.1. The first-order valence-corrected chi connectivity index (χ1v) is 6.55. The minimum Gasteiger partial charge on any atom is -0.352 e. The van der Waals surface area contributed by atoms with Crippen LogP contribution in [0.3, 0.4) is 0 Å². The van der Waals surface area contributed by atoms with Gasteiger partial charge in [0.05, 0.1) is 6.54 Å². The van der Waals surface area contributed by atoms with Gasteiger partial charge < -0.3 is 10.6 Å². The fourth-order valence-corrected chi connectivity index (χ4v) is 2.55. The summed E-state index contributed by atoms with van der Waals surface area (Å²) in [6.07, 6.45) is 6.17. The lowest BCUT2D eigenvalue weighted by molar-refractivity contribution is -0.120. The lowest BCUT2D eigenvalue weighted by Crippen LogP contribution is -2.40. The molecule has 3 nitrogen and oxygen atoms in total. The molecule has 0 aromatic rings. The van der Waals surface area contributed by atoms with Crippen molar-refractivity contribution in [2.75, 3.05) is 13.1 Å². The van der Waals surface area contributed by atoms with Gasteiger partial charge in [-0.15, -0.1) is 0 Å². The Balaban J connectivity index is 1.59. The van der Waals surface area contributed by atoms with Crippen LogP contribution in [0.2, 0.25) is 0 Å². The molecule has 0 spiro atoms. The predicted molar refractivity (Wildman–Crippen MR) is 65.2 cm³/mol. The fraction of sp³-hybridized carbons (Fsp3) is 0.923. The minimum absolute atomic E-state index is 0.170. The molecule has 1 atom stereocenters. The Morgan fingerprint density at radius 1 is 1.31 bits per heavy atom. The van der Waals surface area contributed by atoms with Crippen LogP contribution in [0.5, 0.6) is 0 Å². The third-order valence-corrected chi connectivity index (χ3v) is 3.75. The Labute approximate surface area is 98.4 Å². The van der Waals surface area contributed by atoms with Crippen LogP contribution < -0.4 is 10.6 Å². The molecule has 16 heavy (non-hydrogen) atoms.